The van der Waals surface area contributed by atoms with E-state index in [-0.39, 0.29) is 18.6 Å². The first-order chi connectivity index (χ1) is 10.7. The Morgan fingerprint density at radius 3 is 2.64 bits per heavy atom. The van der Waals surface area contributed by atoms with Gasteiger partial charge in [0.2, 0.25) is 0 Å². The van der Waals surface area contributed by atoms with Crippen molar-refractivity contribution in [1.82, 2.24) is 10.5 Å². The van der Waals surface area contributed by atoms with E-state index in [4.69, 9.17) is 14.0 Å². The summed E-state index contributed by atoms with van der Waals surface area (Å²) in [5.41, 5.74) is 0.979. The Morgan fingerprint density at radius 1 is 1.32 bits per heavy atom. The van der Waals surface area contributed by atoms with Crippen LogP contribution in [-0.4, -0.2) is 24.2 Å². The lowest BCUT2D eigenvalue weighted by Crippen LogP contribution is -2.26. The van der Waals surface area contributed by atoms with Gasteiger partial charge in [0.25, 0.3) is 5.91 Å². The van der Waals surface area contributed by atoms with Crippen molar-refractivity contribution < 1.29 is 18.8 Å². The van der Waals surface area contributed by atoms with Crippen molar-refractivity contribution in [2.24, 2.45) is 0 Å². The number of nitrogens with one attached hydrogen (secondary N) is 1. The highest BCUT2D eigenvalue weighted by Crippen LogP contribution is 2.22. The number of amides is 1. The van der Waals surface area contributed by atoms with Crippen LogP contribution in [0.5, 0.6) is 11.5 Å². The number of rotatable bonds is 6. The molecule has 1 amide bonds. The quantitative estimate of drug-likeness (QED) is 0.887. The highest BCUT2D eigenvalue weighted by molar-refractivity contribution is 5.94. The van der Waals surface area contributed by atoms with Gasteiger partial charge in [-0.25, -0.2) is 0 Å². The summed E-state index contributed by atoms with van der Waals surface area (Å²) in [4.78, 5) is 12.1. The van der Waals surface area contributed by atoms with Crippen molar-refractivity contribution in [3.8, 4) is 11.5 Å². The third-order valence-corrected chi connectivity index (χ3v) is 3.55. The van der Waals surface area contributed by atoms with E-state index in [1.165, 1.54) is 0 Å². The molecule has 2 aromatic rings. The monoisotopic (exact) mass is 302 g/mol. The molecule has 1 saturated carbocycles. The molecule has 0 bridgehead atoms. The lowest BCUT2D eigenvalue weighted by atomic mass is 10.2. The summed E-state index contributed by atoms with van der Waals surface area (Å²) in [6, 6.07) is 7.53. The number of carbonyl (C=O) groups excluding carboxylic acids is 1. The fourth-order valence-corrected chi connectivity index (χ4v) is 2.05. The Hall–Kier alpha value is -2.50. The van der Waals surface area contributed by atoms with Crippen LogP contribution < -0.4 is 14.8 Å². The topological polar surface area (TPSA) is 73.6 Å². The van der Waals surface area contributed by atoms with Crippen LogP contribution in [0.4, 0.5) is 0 Å². The first-order valence-corrected chi connectivity index (χ1v) is 7.20. The summed E-state index contributed by atoms with van der Waals surface area (Å²) in [5, 5.41) is 6.75. The standard InChI is InChI=1S/C16H18N2O4/c1-10-14(9-21-13-7-5-12(20-2)6-8-13)15(18-22-10)16(19)17-11-3-4-11/h5-8,11H,3-4,9H2,1-2H3,(H,17,19). The van der Waals surface area contributed by atoms with Gasteiger partial charge in [-0.1, -0.05) is 5.16 Å². The van der Waals surface area contributed by atoms with Gasteiger partial charge in [-0.2, -0.15) is 0 Å². The lowest BCUT2D eigenvalue weighted by Gasteiger charge is -2.07. The Kier molecular flexibility index (Phi) is 4.00. The molecule has 116 valence electrons. The predicted molar refractivity (Wildman–Crippen MR) is 79.1 cm³/mol. The molecule has 0 unspecified atom stereocenters. The van der Waals surface area contributed by atoms with E-state index in [2.05, 4.69) is 10.5 Å². The first-order valence-electron chi connectivity index (χ1n) is 7.20. The minimum absolute atomic E-state index is 0.201. The van der Waals surface area contributed by atoms with Gasteiger partial charge in [0, 0.05) is 6.04 Å². The Morgan fingerprint density at radius 2 is 2.00 bits per heavy atom. The molecule has 0 aliphatic heterocycles. The molecule has 0 atom stereocenters. The third-order valence-electron chi connectivity index (χ3n) is 3.55. The number of methoxy groups -OCH3 is 1. The van der Waals surface area contributed by atoms with Gasteiger partial charge in [0.1, 0.15) is 23.9 Å². The van der Waals surface area contributed by atoms with Gasteiger partial charge in [-0.05, 0) is 44.0 Å². The number of benzene rings is 1. The SMILES string of the molecule is COc1ccc(OCc2c(C(=O)NC3CC3)noc2C)cc1. The fourth-order valence-electron chi connectivity index (χ4n) is 2.05. The lowest BCUT2D eigenvalue weighted by molar-refractivity contribution is 0.0940. The van der Waals surface area contributed by atoms with Crippen LogP contribution in [0.1, 0.15) is 34.7 Å². The van der Waals surface area contributed by atoms with Crippen LogP contribution in [-0.2, 0) is 6.61 Å². The van der Waals surface area contributed by atoms with Crippen molar-refractivity contribution >= 4 is 5.91 Å². The van der Waals surface area contributed by atoms with Crippen molar-refractivity contribution in [3.63, 3.8) is 0 Å². The molecule has 1 fully saturated rings. The summed E-state index contributed by atoms with van der Waals surface area (Å²) >= 11 is 0. The third kappa shape index (κ3) is 3.21. The first kappa shape index (κ1) is 14.4. The maximum Gasteiger partial charge on any atom is 0.274 e. The number of nitrogens with zero attached hydrogens (tertiary/aromatic N) is 1. The zero-order chi connectivity index (χ0) is 15.5. The molecule has 22 heavy (non-hydrogen) atoms. The number of carbonyl (C=O) groups is 1. The summed E-state index contributed by atoms with van der Waals surface area (Å²) in [6.45, 7) is 2.00. The van der Waals surface area contributed by atoms with Crippen molar-refractivity contribution in [1.29, 1.82) is 0 Å². The smallest absolute Gasteiger partial charge is 0.274 e. The molecule has 6 nitrogen and oxygen atoms in total. The molecule has 1 N–H and O–H groups in total. The van der Waals surface area contributed by atoms with E-state index in [1.54, 1.807) is 14.0 Å². The van der Waals surface area contributed by atoms with Gasteiger partial charge in [-0.3, -0.25) is 4.79 Å². The van der Waals surface area contributed by atoms with Gasteiger partial charge < -0.3 is 19.3 Å². The second-order valence-electron chi connectivity index (χ2n) is 5.28. The normalized spacial score (nSPS) is 13.7. The number of hydrogen-bond acceptors (Lipinski definition) is 5. The number of aromatic nitrogens is 1. The van der Waals surface area contributed by atoms with E-state index in [0.29, 0.717) is 22.8 Å². The summed E-state index contributed by atoms with van der Waals surface area (Å²) in [7, 11) is 1.61. The fraction of sp³-hybridized carbons (Fsp3) is 0.375. The van der Waals surface area contributed by atoms with Crippen LogP contribution in [0.2, 0.25) is 0 Å². The molecule has 3 rings (SSSR count). The molecular formula is C16H18N2O4. The second-order valence-corrected chi connectivity index (χ2v) is 5.28. The van der Waals surface area contributed by atoms with Crippen molar-refractivity contribution in [2.45, 2.75) is 32.4 Å². The molecule has 1 heterocycles. The molecule has 0 saturated heterocycles. The molecule has 6 heteroatoms. The number of ether oxygens (including phenoxy) is 2. The average molecular weight is 302 g/mol. The van der Waals surface area contributed by atoms with E-state index in [1.807, 2.05) is 24.3 Å². The van der Waals surface area contributed by atoms with E-state index in [0.717, 1.165) is 18.6 Å². The largest absolute Gasteiger partial charge is 0.497 e. The summed E-state index contributed by atoms with van der Waals surface area (Å²) in [5.74, 6) is 1.84. The maximum atomic E-state index is 12.1. The highest BCUT2D eigenvalue weighted by Gasteiger charge is 2.27. The van der Waals surface area contributed by atoms with Crippen molar-refractivity contribution in [2.75, 3.05) is 7.11 Å². The van der Waals surface area contributed by atoms with E-state index >= 15 is 0 Å². The number of aryl methyl sites for hydroxylation is 1. The van der Waals surface area contributed by atoms with Gasteiger partial charge in [0.15, 0.2) is 5.69 Å². The van der Waals surface area contributed by atoms with Crippen LogP contribution in [0.15, 0.2) is 28.8 Å². The van der Waals surface area contributed by atoms with Crippen LogP contribution in [0.3, 0.4) is 0 Å². The molecule has 0 spiro atoms. The minimum Gasteiger partial charge on any atom is -0.497 e. The molecule has 1 aliphatic carbocycles. The Bertz CT molecular complexity index is 659. The van der Waals surface area contributed by atoms with Crippen LogP contribution in [0, 0.1) is 6.92 Å². The molecular weight excluding hydrogens is 284 g/mol. The highest BCUT2D eigenvalue weighted by atomic mass is 16.5. The Balaban J connectivity index is 1.68. The van der Waals surface area contributed by atoms with Crippen LogP contribution >= 0.6 is 0 Å². The molecule has 1 aliphatic rings. The molecule has 0 radical (unpaired) electrons. The molecule has 1 aromatic carbocycles. The molecule has 1 aromatic heterocycles. The summed E-state index contributed by atoms with van der Waals surface area (Å²) < 4.78 is 15.9. The summed E-state index contributed by atoms with van der Waals surface area (Å²) in [6.07, 6.45) is 2.06. The predicted octanol–water partition coefficient (Wildman–Crippen LogP) is 2.46. The van der Waals surface area contributed by atoms with Crippen LogP contribution in [0.25, 0.3) is 0 Å². The van der Waals surface area contributed by atoms with E-state index in [9.17, 15) is 4.79 Å². The average Bonchev–Trinajstić information content (AvgIpc) is 3.27. The van der Waals surface area contributed by atoms with Gasteiger partial charge in [0.05, 0.1) is 12.7 Å². The van der Waals surface area contributed by atoms with Gasteiger partial charge >= 0.3 is 0 Å². The second kappa shape index (κ2) is 6.09. The zero-order valence-electron chi connectivity index (χ0n) is 12.6. The zero-order valence-corrected chi connectivity index (χ0v) is 12.6. The Labute approximate surface area is 128 Å². The maximum absolute atomic E-state index is 12.1. The van der Waals surface area contributed by atoms with Crippen molar-refractivity contribution in [3.05, 3.63) is 41.3 Å². The van der Waals surface area contributed by atoms with E-state index < -0.39 is 0 Å². The van der Waals surface area contributed by atoms with Gasteiger partial charge in [-0.15, -0.1) is 0 Å². The minimum atomic E-state index is -0.201. The number of hydrogen-bond donors (Lipinski definition) is 1.